The van der Waals surface area contributed by atoms with E-state index in [-0.39, 0.29) is 30.6 Å². The number of anilines is 1. The number of benzene rings is 1. The molecular formula is C9H16Cl2N2O2S. The zero-order chi connectivity index (χ0) is 10.6. The summed E-state index contributed by atoms with van der Waals surface area (Å²) in [5.41, 5.74) is 11.3. The normalized spacial score (nSPS) is 10.1. The van der Waals surface area contributed by atoms with Gasteiger partial charge in [0.2, 0.25) is 0 Å². The standard InChI is InChI=1S/C9H14N2O2S.2ClH/c10-6-1-7-14(12,13)9-4-2-8(11)3-5-9;;/h2-5H,1,6-7,10-11H2;2*1H. The van der Waals surface area contributed by atoms with Crippen molar-refractivity contribution in [2.45, 2.75) is 11.3 Å². The highest BCUT2D eigenvalue weighted by Crippen LogP contribution is 2.13. The SMILES string of the molecule is Cl.Cl.NCCCS(=O)(=O)c1ccc(N)cc1. The van der Waals surface area contributed by atoms with Crippen molar-refractivity contribution in [3.05, 3.63) is 24.3 Å². The largest absolute Gasteiger partial charge is 0.399 e. The van der Waals surface area contributed by atoms with Crippen molar-refractivity contribution < 1.29 is 8.42 Å². The molecule has 0 heterocycles. The van der Waals surface area contributed by atoms with Gasteiger partial charge in [0.25, 0.3) is 0 Å². The van der Waals surface area contributed by atoms with Gasteiger partial charge in [0.1, 0.15) is 0 Å². The van der Waals surface area contributed by atoms with Gasteiger partial charge in [-0.3, -0.25) is 0 Å². The highest BCUT2D eigenvalue weighted by Gasteiger charge is 2.12. The quantitative estimate of drug-likeness (QED) is 0.816. The Hall–Kier alpha value is -0.490. The molecule has 0 saturated carbocycles. The van der Waals surface area contributed by atoms with Crippen LogP contribution in [0.2, 0.25) is 0 Å². The first-order chi connectivity index (χ1) is 6.56. The van der Waals surface area contributed by atoms with Gasteiger partial charge in [-0.15, -0.1) is 24.8 Å². The van der Waals surface area contributed by atoms with Crippen LogP contribution in [-0.4, -0.2) is 20.7 Å². The molecule has 0 fully saturated rings. The van der Waals surface area contributed by atoms with Crippen LogP contribution in [-0.2, 0) is 9.84 Å². The van der Waals surface area contributed by atoms with Gasteiger partial charge in [0.05, 0.1) is 10.6 Å². The molecule has 1 rings (SSSR count). The molecule has 1 aromatic carbocycles. The summed E-state index contributed by atoms with van der Waals surface area (Å²) < 4.78 is 23.2. The van der Waals surface area contributed by atoms with Crippen molar-refractivity contribution in [3.8, 4) is 0 Å². The second-order valence-electron chi connectivity index (χ2n) is 3.03. The van der Waals surface area contributed by atoms with Crippen molar-refractivity contribution in [2.24, 2.45) is 5.73 Å². The lowest BCUT2D eigenvalue weighted by Crippen LogP contribution is -2.11. The molecule has 94 valence electrons. The van der Waals surface area contributed by atoms with E-state index in [1.165, 1.54) is 12.1 Å². The van der Waals surface area contributed by atoms with Crippen molar-refractivity contribution in [1.29, 1.82) is 0 Å². The van der Waals surface area contributed by atoms with Gasteiger partial charge in [-0.05, 0) is 37.2 Å². The number of sulfone groups is 1. The molecule has 0 aliphatic carbocycles. The number of hydrogen-bond donors (Lipinski definition) is 2. The highest BCUT2D eigenvalue weighted by atomic mass is 35.5. The monoisotopic (exact) mass is 286 g/mol. The maximum Gasteiger partial charge on any atom is 0.178 e. The number of halogens is 2. The second kappa shape index (κ2) is 7.73. The van der Waals surface area contributed by atoms with E-state index >= 15 is 0 Å². The minimum absolute atomic E-state index is 0. The third-order valence-electron chi connectivity index (χ3n) is 1.86. The van der Waals surface area contributed by atoms with E-state index in [2.05, 4.69) is 0 Å². The summed E-state index contributed by atoms with van der Waals surface area (Å²) in [4.78, 5) is 0.306. The van der Waals surface area contributed by atoms with Crippen molar-refractivity contribution in [1.82, 2.24) is 0 Å². The first-order valence-electron chi connectivity index (χ1n) is 4.34. The fourth-order valence-corrected chi connectivity index (χ4v) is 2.40. The summed E-state index contributed by atoms with van der Waals surface area (Å²) in [5, 5.41) is 0. The van der Waals surface area contributed by atoms with Gasteiger partial charge >= 0.3 is 0 Å². The molecule has 0 bridgehead atoms. The molecule has 0 amide bonds. The topological polar surface area (TPSA) is 86.2 Å². The number of nitrogens with two attached hydrogens (primary N) is 2. The minimum Gasteiger partial charge on any atom is -0.399 e. The molecule has 0 unspecified atom stereocenters. The summed E-state index contributed by atoms with van der Waals surface area (Å²) >= 11 is 0. The summed E-state index contributed by atoms with van der Waals surface area (Å²) in [6, 6.07) is 6.19. The number of nitrogen functional groups attached to an aromatic ring is 1. The Morgan fingerprint density at radius 2 is 1.56 bits per heavy atom. The summed E-state index contributed by atoms with van der Waals surface area (Å²) in [6.45, 7) is 0.383. The van der Waals surface area contributed by atoms with Crippen LogP contribution in [0, 0.1) is 0 Å². The Bertz CT molecular complexity index is 392. The van der Waals surface area contributed by atoms with Crippen LogP contribution >= 0.6 is 24.8 Å². The Labute approximate surface area is 108 Å². The summed E-state index contributed by atoms with van der Waals surface area (Å²) in [6.07, 6.45) is 0.479. The molecule has 7 heteroatoms. The Kier molecular flexibility index (Phi) is 8.64. The smallest absolute Gasteiger partial charge is 0.178 e. The van der Waals surface area contributed by atoms with Crippen LogP contribution in [0.15, 0.2) is 29.2 Å². The van der Waals surface area contributed by atoms with E-state index in [0.717, 1.165) is 0 Å². The predicted octanol–water partition coefficient (Wildman–Crippen LogP) is 1.23. The molecule has 0 aliphatic heterocycles. The lowest BCUT2D eigenvalue weighted by molar-refractivity contribution is 0.593. The molecule has 0 aromatic heterocycles. The van der Waals surface area contributed by atoms with Crippen LogP contribution in [0.3, 0.4) is 0 Å². The van der Waals surface area contributed by atoms with Crippen LogP contribution in [0.1, 0.15) is 6.42 Å². The van der Waals surface area contributed by atoms with Crippen LogP contribution in [0.25, 0.3) is 0 Å². The average molecular weight is 287 g/mol. The van der Waals surface area contributed by atoms with Crippen molar-refractivity contribution in [2.75, 3.05) is 18.0 Å². The van der Waals surface area contributed by atoms with Gasteiger partial charge in [-0.2, -0.15) is 0 Å². The van der Waals surface area contributed by atoms with Crippen LogP contribution in [0.5, 0.6) is 0 Å². The van der Waals surface area contributed by atoms with Gasteiger partial charge < -0.3 is 11.5 Å². The average Bonchev–Trinajstić information content (AvgIpc) is 2.16. The van der Waals surface area contributed by atoms with E-state index in [1.54, 1.807) is 12.1 Å². The lowest BCUT2D eigenvalue weighted by Gasteiger charge is -2.03. The van der Waals surface area contributed by atoms with E-state index in [1.807, 2.05) is 0 Å². The van der Waals surface area contributed by atoms with Crippen LogP contribution < -0.4 is 11.5 Å². The fraction of sp³-hybridized carbons (Fsp3) is 0.333. The zero-order valence-electron chi connectivity index (χ0n) is 8.63. The molecule has 0 radical (unpaired) electrons. The first-order valence-corrected chi connectivity index (χ1v) is 6.00. The Morgan fingerprint density at radius 3 is 2.00 bits per heavy atom. The van der Waals surface area contributed by atoms with Gasteiger partial charge in [0.15, 0.2) is 9.84 Å². The molecule has 16 heavy (non-hydrogen) atoms. The maximum absolute atomic E-state index is 11.6. The maximum atomic E-state index is 11.6. The van der Waals surface area contributed by atoms with Gasteiger partial charge in [-0.25, -0.2) is 8.42 Å². The molecular weight excluding hydrogens is 271 g/mol. The highest BCUT2D eigenvalue weighted by molar-refractivity contribution is 7.91. The predicted molar refractivity (Wildman–Crippen MR) is 71.1 cm³/mol. The number of hydrogen-bond acceptors (Lipinski definition) is 4. The molecule has 4 nitrogen and oxygen atoms in total. The molecule has 0 aliphatic rings. The summed E-state index contributed by atoms with van der Waals surface area (Å²) in [5.74, 6) is 0.0907. The third-order valence-corrected chi connectivity index (χ3v) is 3.67. The van der Waals surface area contributed by atoms with E-state index in [9.17, 15) is 8.42 Å². The summed E-state index contributed by atoms with van der Waals surface area (Å²) in [7, 11) is -3.17. The van der Waals surface area contributed by atoms with Gasteiger partial charge in [-0.1, -0.05) is 0 Å². The van der Waals surface area contributed by atoms with Crippen molar-refractivity contribution in [3.63, 3.8) is 0 Å². The van der Waals surface area contributed by atoms with Crippen molar-refractivity contribution >= 4 is 40.3 Å². The lowest BCUT2D eigenvalue weighted by atomic mass is 10.3. The third kappa shape index (κ3) is 5.03. The number of rotatable bonds is 4. The second-order valence-corrected chi connectivity index (χ2v) is 5.14. The zero-order valence-corrected chi connectivity index (χ0v) is 11.1. The van der Waals surface area contributed by atoms with E-state index in [0.29, 0.717) is 23.5 Å². The Morgan fingerprint density at radius 1 is 1.06 bits per heavy atom. The van der Waals surface area contributed by atoms with Gasteiger partial charge in [0, 0.05) is 5.69 Å². The molecule has 0 atom stereocenters. The first kappa shape index (κ1) is 17.9. The van der Waals surface area contributed by atoms with E-state index < -0.39 is 9.84 Å². The van der Waals surface area contributed by atoms with E-state index in [4.69, 9.17) is 11.5 Å². The Balaban J connectivity index is 0. The fourth-order valence-electron chi connectivity index (χ4n) is 1.07. The molecule has 0 spiro atoms. The van der Waals surface area contributed by atoms with Crippen LogP contribution in [0.4, 0.5) is 5.69 Å². The molecule has 4 N–H and O–H groups in total. The molecule has 1 aromatic rings. The molecule has 0 saturated heterocycles. The minimum atomic E-state index is -3.17.